The predicted molar refractivity (Wildman–Crippen MR) is 94.5 cm³/mol. The Morgan fingerprint density at radius 3 is 3.08 bits per heavy atom. The molecule has 124 valence electrons. The predicted octanol–water partition coefficient (Wildman–Crippen LogP) is 3.06. The number of rotatable bonds is 7. The van der Waals surface area contributed by atoms with Gasteiger partial charge in [0.1, 0.15) is 5.75 Å². The fourth-order valence-electron chi connectivity index (χ4n) is 1.95. The SMILES string of the molecule is CCOc1ccccc1-c1nc(SCC(=O)Nc2nccs2)n[nH]1. The minimum Gasteiger partial charge on any atom is -0.493 e. The number of hydrogen-bond acceptors (Lipinski definition) is 7. The molecule has 7 nitrogen and oxygen atoms in total. The summed E-state index contributed by atoms with van der Waals surface area (Å²) in [7, 11) is 0. The molecule has 3 rings (SSSR count). The number of anilines is 1. The first-order valence-electron chi connectivity index (χ1n) is 7.23. The number of aromatic amines is 1. The van der Waals surface area contributed by atoms with E-state index in [2.05, 4.69) is 25.5 Å². The van der Waals surface area contributed by atoms with Crippen molar-refractivity contribution in [3.63, 3.8) is 0 Å². The smallest absolute Gasteiger partial charge is 0.236 e. The largest absolute Gasteiger partial charge is 0.493 e. The lowest BCUT2D eigenvalue weighted by Crippen LogP contribution is -2.13. The number of nitrogens with one attached hydrogen (secondary N) is 2. The van der Waals surface area contributed by atoms with Crippen molar-refractivity contribution in [1.29, 1.82) is 0 Å². The van der Waals surface area contributed by atoms with Crippen molar-refractivity contribution in [2.45, 2.75) is 12.1 Å². The van der Waals surface area contributed by atoms with Crippen LogP contribution in [0.1, 0.15) is 6.92 Å². The van der Waals surface area contributed by atoms with Crippen LogP contribution in [0, 0.1) is 0 Å². The first-order chi connectivity index (χ1) is 11.8. The highest BCUT2D eigenvalue weighted by Gasteiger charge is 2.12. The van der Waals surface area contributed by atoms with Crippen molar-refractivity contribution in [3.05, 3.63) is 35.8 Å². The lowest BCUT2D eigenvalue weighted by Gasteiger charge is -2.06. The lowest BCUT2D eigenvalue weighted by atomic mass is 10.2. The third-order valence-corrected chi connectivity index (χ3v) is 4.45. The summed E-state index contributed by atoms with van der Waals surface area (Å²) in [4.78, 5) is 20.3. The molecule has 9 heteroatoms. The average Bonchev–Trinajstić information content (AvgIpc) is 3.25. The van der Waals surface area contributed by atoms with Crippen molar-refractivity contribution >= 4 is 34.1 Å². The van der Waals surface area contributed by atoms with E-state index in [1.165, 1.54) is 23.1 Å². The molecule has 0 aliphatic carbocycles. The molecular formula is C15H15N5O2S2. The van der Waals surface area contributed by atoms with Crippen molar-refractivity contribution in [3.8, 4) is 17.1 Å². The molecule has 0 fully saturated rings. The highest BCUT2D eigenvalue weighted by Crippen LogP contribution is 2.28. The van der Waals surface area contributed by atoms with E-state index in [4.69, 9.17) is 4.74 Å². The minimum atomic E-state index is -0.143. The van der Waals surface area contributed by atoms with Crippen LogP contribution in [0.4, 0.5) is 5.13 Å². The van der Waals surface area contributed by atoms with Crippen LogP contribution in [0.25, 0.3) is 11.4 Å². The monoisotopic (exact) mass is 361 g/mol. The quantitative estimate of drug-likeness (QED) is 0.628. The van der Waals surface area contributed by atoms with E-state index in [0.717, 1.165) is 11.3 Å². The van der Waals surface area contributed by atoms with Crippen LogP contribution < -0.4 is 10.1 Å². The Labute approximate surface area is 146 Å². The van der Waals surface area contributed by atoms with Gasteiger partial charge in [0.2, 0.25) is 11.1 Å². The summed E-state index contributed by atoms with van der Waals surface area (Å²) < 4.78 is 5.59. The van der Waals surface area contributed by atoms with E-state index in [1.807, 2.05) is 31.2 Å². The summed E-state index contributed by atoms with van der Waals surface area (Å²) in [5, 5.41) is 12.6. The topological polar surface area (TPSA) is 92.8 Å². The summed E-state index contributed by atoms with van der Waals surface area (Å²) >= 11 is 2.63. The maximum Gasteiger partial charge on any atom is 0.236 e. The van der Waals surface area contributed by atoms with Crippen LogP contribution in [-0.4, -0.2) is 38.4 Å². The van der Waals surface area contributed by atoms with Gasteiger partial charge in [-0.3, -0.25) is 9.89 Å². The number of nitrogens with zero attached hydrogens (tertiary/aromatic N) is 3. The molecule has 0 aliphatic heterocycles. The maximum atomic E-state index is 11.8. The molecule has 1 amide bonds. The molecule has 0 unspecified atom stereocenters. The number of thioether (sulfide) groups is 1. The zero-order valence-corrected chi connectivity index (χ0v) is 14.5. The molecule has 0 aliphatic rings. The molecule has 1 aromatic carbocycles. The minimum absolute atomic E-state index is 0.143. The van der Waals surface area contributed by atoms with Crippen molar-refractivity contribution in [2.24, 2.45) is 0 Å². The Hall–Kier alpha value is -2.39. The molecule has 0 radical (unpaired) electrons. The number of benzene rings is 1. The zero-order valence-electron chi connectivity index (χ0n) is 12.9. The molecule has 0 saturated carbocycles. The zero-order chi connectivity index (χ0) is 16.8. The van der Waals surface area contributed by atoms with Crippen LogP contribution >= 0.6 is 23.1 Å². The van der Waals surface area contributed by atoms with Gasteiger partial charge in [-0.15, -0.1) is 16.4 Å². The number of aromatic nitrogens is 4. The van der Waals surface area contributed by atoms with Gasteiger partial charge in [0.25, 0.3) is 0 Å². The summed E-state index contributed by atoms with van der Waals surface area (Å²) in [5.41, 5.74) is 0.839. The first-order valence-corrected chi connectivity index (χ1v) is 9.09. The standard InChI is InChI=1S/C15H15N5O2S2/c1-2-22-11-6-4-3-5-10(11)13-18-15(20-19-13)24-9-12(21)17-14-16-7-8-23-14/h3-8H,2,9H2,1H3,(H,16,17,21)(H,18,19,20). The second-order valence-corrected chi connectivity index (χ2v) is 6.41. The number of para-hydroxylation sites is 1. The molecule has 2 heterocycles. The Balaban J connectivity index is 1.62. The molecule has 24 heavy (non-hydrogen) atoms. The molecule has 0 spiro atoms. The van der Waals surface area contributed by atoms with Gasteiger partial charge in [0.05, 0.1) is 17.9 Å². The maximum absolute atomic E-state index is 11.8. The summed E-state index contributed by atoms with van der Waals surface area (Å²) in [6.07, 6.45) is 1.64. The van der Waals surface area contributed by atoms with Crippen molar-refractivity contribution in [1.82, 2.24) is 20.2 Å². The summed E-state index contributed by atoms with van der Waals surface area (Å²) in [6.45, 7) is 2.50. The molecule has 0 bridgehead atoms. The fraction of sp³-hybridized carbons (Fsp3) is 0.200. The number of carbonyl (C=O) groups is 1. The van der Waals surface area contributed by atoms with Gasteiger partial charge in [0.15, 0.2) is 11.0 Å². The third-order valence-electron chi connectivity index (χ3n) is 2.92. The van der Waals surface area contributed by atoms with E-state index in [0.29, 0.717) is 22.7 Å². The van der Waals surface area contributed by atoms with Crippen LogP contribution in [0.15, 0.2) is 41.0 Å². The van der Waals surface area contributed by atoms with Crippen LogP contribution in [0.3, 0.4) is 0 Å². The van der Waals surface area contributed by atoms with E-state index in [9.17, 15) is 4.79 Å². The van der Waals surface area contributed by atoms with Gasteiger partial charge < -0.3 is 10.1 Å². The van der Waals surface area contributed by atoms with E-state index < -0.39 is 0 Å². The number of H-pyrrole nitrogens is 1. The first kappa shape index (κ1) is 16.5. The van der Waals surface area contributed by atoms with Crippen LogP contribution in [0.2, 0.25) is 0 Å². The highest BCUT2D eigenvalue weighted by atomic mass is 32.2. The van der Waals surface area contributed by atoms with Gasteiger partial charge in [-0.1, -0.05) is 23.9 Å². The lowest BCUT2D eigenvalue weighted by molar-refractivity contribution is -0.113. The summed E-state index contributed by atoms with van der Waals surface area (Å²) in [6, 6.07) is 7.61. The van der Waals surface area contributed by atoms with E-state index in [-0.39, 0.29) is 11.7 Å². The normalized spacial score (nSPS) is 10.5. The van der Waals surface area contributed by atoms with Crippen molar-refractivity contribution in [2.75, 3.05) is 17.7 Å². The van der Waals surface area contributed by atoms with Crippen LogP contribution in [-0.2, 0) is 4.79 Å². The fourth-order valence-corrected chi connectivity index (χ4v) is 3.09. The molecule has 3 aromatic rings. The molecule has 2 N–H and O–H groups in total. The van der Waals surface area contributed by atoms with Gasteiger partial charge in [-0.05, 0) is 19.1 Å². The molecule has 0 saturated heterocycles. The Morgan fingerprint density at radius 1 is 1.42 bits per heavy atom. The van der Waals surface area contributed by atoms with Crippen LogP contribution in [0.5, 0.6) is 5.75 Å². The highest BCUT2D eigenvalue weighted by molar-refractivity contribution is 7.99. The second kappa shape index (κ2) is 7.93. The number of hydrogen-bond donors (Lipinski definition) is 2. The molecular weight excluding hydrogens is 346 g/mol. The average molecular weight is 361 g/mol. The second-order valence-electron chi connectivity index (χ2n) is 4.57. The Kier molecular flexibility index (Phi) is 5.44. The van der Waals surface area contributed by atoms with Gasteiger partial charge >= 0.3 is 0 Å². The summed E-state index contributed by atoms with van der Waals surface area (Å²) in [5.74, 6) is 1.43. The molecule has 2 aromatic heterocycles. The number of carbonyl (C=O) groups excluding carboxylic acids is 1. The van der Waals surface area contributed by atoms with E-state index in [1.54, 1.807) is 11.6 Å². The Morgan fingerprint density at radius 2 is 2.29 bits per heavy atom. The van der Waals surface area contributed by atoms with E-state index >= 15 is 0 Å². The molecule has 0 atom stereocenters. The number of thiazole rings is 1. The number of amides is 1. The third kappa shape index (κ3) is 4.12. The van der Waals surface area contributed by atoms with Gasteiger partial charge in [-0.2, -0.15) is 0 Å². The van der Waals surface area contributed by atoms with Crippen molar-refractivity contribution < 1.29 is 9.53 Å². The van der Waals surface area contributed by atoms with Gasteiger partial charge in [-0.25, -0.2) is 9.97 Å². The number of ether oxygens (including phenoxy) is 1. The van der Waals surface area contributed by atoms with Gasteiger partial charge in [0, 0.05) is 11.6 Å². The Bertz CT molecular complexity index is 804.